The highest BCUT2D eigenvalue weighted by Gasteiger charge is 2.58. The minimum Gasteiger partial charge on any atom is -0.508 e. The van der Waals surface area contributed by atoms with Crippen LogP contribution in [0.15, 0.2) is 35.6 Å². The normalized spacial score (nSPS) is 40.5. The van der Waals surface area contributed by atoms with Crippen LogP contribution in [0.5, 0.6) is 0 Å². The van der Waals surface area contributed by atoms with Gasteiger partial charge < -0.3 is 14.9 Å². The highest BCUT2D eigenvalue weighted by atomic mass is 16.5. The first kappa shape index (κ1) is 21.7. The van der Waals surface area contributed by atoms with Crippen LogP contribution in [-0.4, -0.2) is 28.4 Å². The molecule has 4 heteroatoms. The van der Waals surface area contributed by atoms with E-state index >= 15 is 0 Å². The monoisotopic (exact) mass is 414 g/mol. The zero-order valence-electron chi connectivity index (χ0n) is 18.7. The van der Waals surface area contributed by atoms with Gasteiger partial charge in [0, 0.05) is 18.8 Å². The van der Waals surface area contributed by atoms with Gasteiger partial charge in [-0.3, -0.25) is 4.79 Å². The Labute approximate surface area is 181 Å². The maximum absolute atomic E-state index is 12.0. The van der Waals surface area contributed by atoms with Crippen molar-refractivity contribution >= 4 is 5.97 Å². The molecule has 1 unspecified atom stereocenters. The van der Waals surface area contributed by atoms with Gasteiger partial charge in [0.05, 0.1) is 6.10 Å². The second-order valence-electron chi connectivity index (χ2n) is 10.3. The number of hydrogen-bond donors (Lipinski definition) is 2. The SMILES string of the molecule is CCCCCC(OC(C)=O)[C@@H]1C=C2C=C(O)C=C[C@@H]2[C@H]2CC[C@]3(C)[C@@H](O)CC[C@H]3[C@@H]21. The minimum absolute atomic E-state index is 0.0364. The highest BCUT2D eigenvalue weighted by molar-refractivity contribution is 5.66. The molecule has 0 aromatic carbocycles. The van der Waals surface area contributed by atoms with Crippen LogP contribution in [0.4, 0.5) is 0 Å². The molecule has 0 spiro atoms. The van der Waals surface area contributed by atoms with Gasteiger partial charge in [-0.15, -0.1) is 0 Å². The molecule has 4 rings (SSSR count). The molecule has 8 atom stereocenters. The van der Waals surface area contributed by atoms with Crippen molar-refractivity contribution in [3.63, 3.8) is 0 Å². The van der Waals surface area contributed by atoms with Gasteiger partial charge in [0.15, 0.2) is 0 Å². The predicted molar refractivity (Wildman–Crippen MR) is 118 cm³/mol. The van der Waals surface area contributed by atoms with Gasteiger partial charge in [-0.25, -0.2) is 0 Å². The number of ether oxygens (including phenoxy) is 1. The van der Waals surface area contributed by atoms with E-state index in [0.29, 0.717) is 29.4 Å². The Morgan fingerprint density at radius 2 is 2.10 bits per heavy atom. The summed E-state index contributed by atoms with van der Waals surface area (Å²) < 4.78 is 5.95. The molecule has 30 heavy (non-hydrogen) atoms. The molecule has 0 bridgehead atoms. The van der Waals surface area contributed by atoms with Crippen LogP contribution < -0.4 is 0 Å². The molecule has 0 saturated heterocycles. The molecular weight excluding hydrogens is 376 g/mol. The van der Waals surface area contributed by atoms with E-state index in [2.05, 4.69) is 26.0 Å². The van der Waals surface area contributed by atoms with Crippen molar-refractivity contribution in [1.29, 1.82) is 0 Å². The summed E-state index contributed by atoms with van der Waals surface area (Å²) >= 11 is 0. The summed E-state index contributed by atoms with van der Waals surface area (Å²) in [5.74, 6) is 1.89. The Hall–Kier alpha value is -1.55. The topological polar surface area (TPSA) is 66.8 Å². The fourth-order valence-electron chi connectivity index (χ4n) is 7.17. The molecule has 2 saturated carbocycles. The van der Waals surface area contributed by atoms with Crippen LogP contribution in [0.1, 0.15) is 72.1 Å². The van der Waals surface area contributed by atoms with Crippen molar-refractivity contribution in [2.45, 2.75) is 84.3 Å². The Kier molecular flexibility index (Phi) is 6.16. The Morgan fingerprint density at radius 3 is 2.83 bits per heavy atom. The molecule has 2 N–H and O–H groups in total. The fourth-order valence-corrected chi connectivity index (χ4v) is 7.17. The first-order valence-corrected chi connectivity index (χ1v) is 12.0. The molecule has 0 amide bonds. The number of esters is 1. The lowest BCUT2D eigenvalue weighted by Crippen LogP contribution is -2.51. The Balaban J connectivity index is 1.73. The van der Waals surface area contributed by atoms with Crippen LogP contribution in [0.25, 0.3) is 0 Å². The van der Waals surface area contributed by atoms with Crippen LogP contribution in [0.2, 0.25) is 0 Å². The molecule has 166 valence electrons. The van der Waals surface area contributed by atoms with Gasteiger partial charge in [-0.1, -0.05) is 38.8 Å². The standard InChI is InChI=1S/C26H38O4/c1-4-5-6-7-23(30-16(2)27)21-15-17-14-18(28)8-9-19(17)20-12-13-26(3)22(25(20)21)10-11-24(26)29/h8-9,14-15,19-25,28-29H,4-7,10-13H2,1-3H3/t19-,20+,21-,22-,23?,24-,25-,26-/m0/s1. The molecular formula is C26H38O4. The average Bonchev–Trinajstić information content (AvgIpc) is 3.01. The van der Waals surface area contributed by atoms with E-state index in [-0.39, 0.29) is 29.5 Å². The number of unbranched alkanes of at least 4 members (excludes halogenated alkanes) is 2. The Bertz CT molecular complexity index is 750. The van der Waals surface area contributed by atoms with E-state index in [4.69, 9.17) is 4.74 Å². The third-order valence-electron chi connectivity index (χ3n) is 8.64. The number of aliphatic hydroxyl groups is 2. The number of aliphatic hydroxyl groups excluding tert-OH is 2. The molecule has 4 nitrogen and oxygen atoms in total. The van der Waals surface area contributed by atoms with Crippen molar-refractivity contribution in [2.75, 3.05) is 0 Å². The lowest BCUT2D eigenvalue weighted by atomic mass is 9.50. The average molecular weight is 415 g/mol. The molecule has 4 aliphatic rings. The first-order chi connectivity index (χ1) is 14.3. The molecule has 0 heterocycles. The quantitative estimate of drug-likeness (QED) is 0.446. The maximum atomic E-state index is 12.0. The van der Waals surface area contributed by atoms with Gasteiger partial charge in [0.25, 0.3) is 0 Å². The van der Waals surface area contributed by atoms with Gasteiger partial charge in [0.2, 0.25) is 0 Å². The lowest BCUT2D eigenvalue weighted by Gasteiger charge is -2.55. The van der Waals surface area contributed by atoms with E-state index in [9.17, 15) is 15.0 Å². The van der Waals surface area contributed by atoms with Gasteiger partial charge in [0.1, 0.15) is 11.9 Å². The number of carbonyl (C=O) groups is 1. The van der Waals surface area contributed by atoms with Crippen molar-refractivity contribution in [1.82, 2.24) is 0 Å². The summed E-state index contributed by atoms with van der Waals surface area (Å²) in [6.07, 6.45) is 16.1. The summed E-state index contributed by atoms with van der Waals surface area (Å²) in [6, 6.07) is 0. The number of fused-ring (bicyclic) bond motifs is 5. The molecule has 0 aliphatic heterocycles. The zero-order chi connectivity index (χ0) is 21.5. The molecule has 0 aromatic heterocycles. The third-order valence-corrected chi connectivity index (χ3v) is 8.64. The van der Waals surface area contributed by atoms with E-state index < -0.39 is 0 Å². The van der Waals surface area contributed by atoms with Crippen LogP contribution >= 0.6 is 0 Å². The summed E-state index contributed by atoms with van der Waals surface area (Å²) in [7, 11) is 0. The molecule has 0 radical (unpaired) electrons. The number of rotatable bonds is 6. The molecule has 4 aliphatic carbocycles. The summed E-state index contributed by atoms with van der Waals surface area (Å²) in [6.45, 7) is 5.99. The van der Waals surface area contributed by atoms with Crippen molar-refractivity contribution in [3.05, 3.63) is 35.6 Å². The van der Waals surface area contributed by atoms with Gasteiger partial charge in [-0.2, -0.15) is 0 Å². The first-order valence-electron chi connectivity index (χ1n) is 12.0. The van der Waals surface area contributed by atoms with Crippen molar-refractivity contribution in [3.8, 4) is 0 Å². The van der Waals surface area contributed by atoms with Crippen LogP contribution in [0, 0.1) is 35.0 Å². The third kappa shape index (κ3) is 3.77. The van der Waals surface area contributed by atoms with E-state index in [1.165, 1.54) is 12.5 Å². The van der Waals surface area contributed by atoms with Crippen molar-refractivity contribution in [2.24, 2.45) is 35.0 Å². The lowest BCUT2D eigenvalue weighted by molar-refractivity contribution is -0.153. The van der Waals surface area contributed by atoms with Crippen LogP contribution in [-0.2, 0) is 9.53 Å². The smallest absolute Gasteiger partial charge is 0.302 e. The van der Waals surface area contributed by atoms with Gasteiger partial charge in [-0.05, 0) is 79.4 Å². The van der Waals surface area contributed by atoms with Gasteiger partial charge >= 0.3 is 5.97 Å². The summed E-state index contributed by atoms with van der Waals surface area (Å²) in [4.78, 5) is 12.0. The zero-order valence-corrected chi connectivity index (χ0v) is 18.7. The maximum Gasteiger partial charge on any atom is 0.302 e. The largest absolute Gasteiger partial charge is 0.508 e. The fraction of sp³-hybridized carbons (Fsp3) is 0.731. The molecule has 0 aromatic rings. The second-order valence-corrected chi connectivity index (χ2v) is 10.3. The number of carbonyl (C=O) groups excluding carboxylic acids is 1. The van der Waals surface area contributed by atoms with Crippen LogP contribution in [0.3, 0.4) is 0 Å². The highest BCUT2D eigenvalue weighted by Crippen LogP contribution is 2.62. The summed E-state index contributed by atoms with van der Waals surface area (Å²) in [5, 5.41) is 21.0. The number of allylic oxidation sites excluding steroid dienone is 4. The predicted octanol–water partition coefficient (Wildman–Crippen LogP) is 5.49. The number of hydrogen-bond acceptors (Lipinski definition) is 4. The van der Waals surface area contributed by atoms with E-state index in [1.807, 2.05) is 12.2 Å². The molecule has 2 fully saturated rings. The van der Waals surface area contributed by atoms with E-state index in [1.54, 1.807) is 0 Å². The minimum atomic E-state index is -0.229. The summed E-state index contributed by atoms with van der Waals surface area (Å²) in [5.41, 5.74) is 1.14. The van der Waals surface area contributed by atoms with Crippen molar-refractivity contribution < 1.29 is 19.7 Å². The Morgan fingerprint density at radius 1 is 1.30 bits per heavy atom. The van der Waals surface area contributed by atoms with E-state index in [0.717, 1.165) is 51.4 Å². The second kappa shape index (κ2) is 8.53.